The zero-order chi connectivity index (χ0) is 22.9. The second-order valence-corrected chi connectivity index (χ2v) is 8.01. The van der Waals surface area contributed by atoms with Crippen LogP contribution in [0.2, 0.25) is 0 Å². The minimum absolute atomic E-state index is 0.165. The number of hydrogen-bond acceptors (Lipinski definition) is 4. The number of aliphatic imine (C=N–C) groups is 1. The molecule has 2 aromatic carbocycles. The molecule has 0 aromatic heterocycles. The van der Waals surface area contributed by atoms with E-state index in [-0.39, 0.29) is 11.9 Å². The van der Waals surface area contributed by atoms with Gasteiger partial charge in [0.05, 0.1) is 12.7 Å². The van der Waals surface area contributed by atoms with Crippen LogP contribution in [-0.2, 0) is 24.4 Å². The van der Waals surface area contributed by atoms with Crippen molar-refractivity contribution in [3.63, 3.8) is 0 Å². The number of guanidine groups is 1. The highest BCUT2D eigenvalue weighted by Gasteiger charge is 2.16. The van der Waals surface area contributed by atoms with Gasteiger partial charge < -0.3 is 20.1 Å². The van der Waals surface area contributed by atoms with Gasteiger partial charge in [0, 0.05) is 45.3 Å². The van der Waals surface area contributed by atoms with Crippen LogP contribution in [0.1, 0.15) is 29.2 Å². The summed E-state index contributed by atoms with van der Waals surface area (Å²) in [6.45, 7) is 5.62. The summed E-state index contributed by atoms with van der Waals surface area (Å²) in [5.41, 5.74) is 4.02. The topological polar surface area (TPSA) is 58.1 Å². The Kier molecular flexibility index (Phi) is 8.81. The molecule has 0 saturated carbocycles. The SMILES string of the molecule is CN=C(NCc1cccc(CN2CCOC(C)C2)c1)NCc1cc(C)ccc1OC(F)F. The van der Waals surface area contributed by atoms with Crippen molar-refractivity contribution in [3.8, 4) is 5.75 Å². The summed E-state index contributed by atoms with van der Waals surface area (Å²) in [5, 5.41) is 6.46. The maximum Gasteiger partial charge on any atom is 0.387 e. The smallest absolute Gasteiger partial charge is 0.387 e. The van der Waals surface area contributed by atoms with E-state index < -0.39 is 6.61 Å². The van der Waals surface area contributed by atoms with Crippen molar-refractivity contribution in [2.45, 2.75) is 46.2 Å². The fourth-order valence-corrected chi connectivity index (χ4v) is 3.77. The predicted octanol–water partition coefficient (Wildman–Crippen LogP) is 3.68. The molecule has 1 unspecified atom stereocenters. The summed E-state index contributed by atoms with van der Waals surface area (Å²) in [7, 11) is 1.68. The fraction of sp³-hybridized carbons (Fsp3) is 0.458. The zero-order valence-electron chi connectivity index (χ0n) is 18.9. The maximum atomic E-state index is 12.7. The van der Waals surface area contributed by atoms with Gasteiger partial charge in [-0.05, 0) is 31.0 Å². The Labute approximate surface area is 188 Å². The summed E-state index contributed by atoms with van der Waals surface area (Å²) < 4.78 is 35.6. The molecule has 1 atom stereocenters. The quantitative estimate of drug-likeness (QED) is 0.479. The lowest BCUT2D eigenvalue weighted by molar-refractivity contribution is -0.0504. The van der Waals surface area contributed by atoms with Crippen LogP contribution < -0.4 is 15.4 Å². The van der Waals surface area contributed by atoms with E-state index in [9.17, 15) is 8.78 Å². The predicted molar refractivity (Wildman–Crippen MR) is 122 cm³/mol. The van der Waals surface area contributed by atoms with Crippen molar-refractivity contribution >= 4 is 5.96 Å². The highest BCUT2D eigenvalue weighted by molar-refractivity contribution is 5.79. The molecular formula is C24H32F2N4O2. The van der Waals surface area contributed by atoms with Crippen molar-refractivity contribution in [3.05, 3.63) is 64.7 Å². The summed E-state index contributed by atoms with van der Waals surface area (Å²) >= 11 is 0. The molecule has 3 rings (SSSR count). The van der Waals surface area contributed by atoms with Gasteiger partial charge in [-0.15, -0.1) is 0 Å². The molecule has 1 aliphatic heterocycles. The van der Waals surface area contributed by atoms with Crippen molar-refractivity contribution in [1.29, 1.82) is 0 Å². The third-order valence-corrected chi connectivity index (χ3v) is 5.28. The number of hydrogen-bond donors (Lipinski definition) is 2. The van der Waals surface area contributed by atoms with Gasteiger partial charge in [-0.25, -0.2) is 0 Å². The third kappa shape index (κ3) is 7.46. The Hall–Kier alpha value is -2.71. The molecule has 6 nitrogen and oxygen atoms in total. The van der Waals surface area contributed by atoms with Gasteiger partial charge in [-0.1, -0.05) is 42.0 Å². The van der Waals surface area contributed by atoms with Crippen molar-refractivity contribution < 1.29 is 18.3 Å². The highest BCUT2D eigenvalue weighted by Crippen LogP contribution is 2.22. The van der Waals surface area contributed by atoms with Gasteiger partial charge in [0.25, 0.3) is 0 Å². The van der Waals surface area contributed by atoms with Crippen LogP contribution in [0, 0.1) is 6.92 Å². The largest absolute Gasteiger partial charge is 0.434 e. The van der Waals surface area contributed by atoms with Gasteiger partial charge in [-0.3, -0.25) is 9.89 Å². The van der Waals surface area contributed by atoms with Crippen molar-refractivity contribution in [2.75, 3.05) is 26.7 Å². The van der Waals surface area contributed by atoms with Crippen LogP contribution in [0.5, 0.6) is 5.75 Å². The minimum atomic E-state index is -2.86. The van der Waals surface area contributed by atoms with Crippen LogP contribution in [0.25, 0.3) is 0 Å². The Morgan fingerprint density at radius 2 is 1.97 bits per heavy atom. The molecule has 0 aliphatic carbocycles. The van der Waals surface area contributed by atoms with Crippen LogP contribution >= 0.6 is 0 Å². The first kappa shape index (κ1) is 23.9. The molecule has 1 aliphatic rings. The Bertz CT molecular complexity index is 907. The monoisotopic (exact) mass is 446 g/mol. The highest BCUT2D eigenvalue weighted by atomic mass is 19.3. The molecule has 0 spiro atoms. The third-order valence-electron chi connectivity index (χ3n) is 5.28. The summed E-state index contributed by atoms with van der Waals surface area (Å²) in [6, 6.07) is 13.6. The number of morpholine rings is 1. The molecule has 2 N–H and O–H groups in total. The molecule has 32 heavy (non-hydrogen) atoms. The van der Waals surface area contributed by atoms with Gasteiger partial charge in [-0.2, -0.15) is 8.78 Å². The molecule has 0 amide bonds. The van der Waals surface area contributed by atoms with E-state index in [0.29, 0.717) is 24.6 Å². The number of benzene rings is 2. The Morgan fingerprint density at radius 3 is 2.72 bits per heavy atom. The van der Waals surface area contributed by atoms with Crippen LogP contribution in [0.3, 0.4) is 0 Å². The normalized spacial score (nSPS) is 17.4. The van der Waals surface area contributed by atoms with Gasteiger partial charge in [0.1, 0.15) is 5.75 Å². The van der Waals surface area contributed by atoms with Crippen LogP contribution in [0.4, 0.5) is 8.78 Å². The Morgan fingerprint density at radius 1 is 1.19 bits per heavy atom. The van der Waals surface area contributed by atoms with Crippen molar-refractivity contribution in [1.82, 2.24) is 15.5 Å². The first-order valence-electron chi connectivity index (χ1n) is 10.8. The van der Waals surface area contributed by atoms with Gasteiger partial charge in [0.2, 0.25) is 0 Å². The average molecular weight is 447 g/mol. The van der Waals surface area contributed by atoms with E-state index in [1.807, 2.05) is 13.0 Å². The van der Waals surface area contributed by atoms with Gasteiger partial charge in [0.15, 0.2) is 5.96 Å². The number of aryl methyl sites for hydroxylation is 1. The standard InChI is InChI=1S/C24H32F2N4O2/c1-17-7-8-22(32-23(25)26)21(11-17)14-29-24(27-3)28-13-19-5-4-6-20(12-19)16-30-9-10-31-18(2)15-30/h4-8,11-12,18,23H,9-10,13-16H2,1-3H3,(H2,27,28,29). The van der Waals surface area contributed by atoms with Gasteiger partial charge >= 0.3 is 6.61 Å². The maximum absolute atomic E-state index is 12.7. The summed E-state index contributed by atoms with van der Waals surface area (Å²) in [4.78, 5) is 6.64. The number of nitrogens with one attached hydrogen (secondary N) is 2. The molecule has 1 heterocycles. The molecule has 1 saturated heterocycles. The van der Waals surface area contributed by atoms with E-state index in [1.54, 1.807) is 19.2 Å². The molecular weight excluding hydrogens is 414 g/mol. The van der Waals surface area contributed by atoms with E-state index in [2.05, 4.69) is 56.5 Å². The first-order valence-corrected chi connectivity index (χ1v) is 10.8. The van der Waals surface area contributed by atoms with Crippen LogP contribution in [-0.4, -0.2) is 50.3 Å². The lowest BCUT2D eigenvalue weighted by Crippen LogP contribution is -2.40. The number of halogens is 2. The van der Waals surface area contributed by atoms with E-state index in [0.717, 1.165) is 37.4 Å². The van der Waals surface area contributed by atoms with E-state index in [4.69, 9.17) is 4.74 Å². The Balaban J connectivity index is 1.54. The van der Waals surface area contributed by atoms with Crippen LogP contribution in [0.15, 0.2) is 47.5 Å². The first-order chi connectivity index (χ1) is 15.4. The lowest BCUT2D eigenvalue weighted by atomic mass is 10.1. The second kappa shape index (κ2) is 11.8. The minimum Gasteiger partial charge on any atom is -0.434 e. The molecule has 0 bridgehead atoms. The molecule has 0 radical (unpaired) electrons. The lowest BCUT2D eigenvalue weighted by Gasteiger charge is -2.31. The number of alkyl halides is 2. The average Bonchev–Trinajstić information content (AvgIpc) is 2.75. The molecule has 174 valence electrons. The number of rotatable bonds is 8. The fourth-order valence-electron chi connectivity index (χ4n) is 3.77. The van der Waals surface area contributed by atoms with E-state index in [1.165, 1.54) is 5.56 Å². The summed E-state index contributed by atoms with van der Waals surface area (Å²) in [6.07, 6.45) is 0.267. The van der Waals surface area contributed by atoms with Crippen molar-refractivity contribution in [2.24, 2.45) is 4.99 Å². The van der Waals surface area contributed by atoms with E-state index >= 15 is 0 Å². The second-order valence-electron chi connectivity index (χ2n) is 8.01. The zero-order valence-corrected chi connectivity index (χ0v) is 18.9. The molecule has 1 fully saturated rings. The molecule has 2 aromatic rings. The summed E-state index contributed by atoms with van der Waals surface area (Å²) in [5.74, 6) is 0.751. The number of nitrogens with zero attached hydrogens (tertiary/aromatic N) is 2. The molecule has 8 heteroatoms. The number of ether oxygens (including phenoxy) is 2.